The maximum absolute atomic E-state index is 6.16. The second-order valence-electron chi connectivity index (χ2n) is 8.36. The lowest BCUT2D eigenvalue weighted by Gasteiger charge is -2.32. The van der Waals surface area contributed by atoms with E-state index in [1.54, 1.807) is 0 Å². The smallest absolute Gasteiger partial charge is 0.160 e. The van der Waals surface area contributed by atoms with E-state index in [2.05, 4.69) is 61.4 Å². The van der Waals surface area contributed by atoms with Gasteiger partial charge in [-0.2, -0.15) is 0 Å². The van der Waals surface area contributed by atoms with E-state index in [9.17, 15) is 0 Å². The largest absolute Gasteiger partial charge is 0.338 e. The molecule has 2 aliphatic heterocycles. The molecule has 3 aromatic rings. The predicted molar refractivity (Wildman–Crippen MR) is 131 cm³/mol. The number of aliphatic imine (C=N–C) groups is 1. The highest BCUT2D eigenvalue weighted by molar-refractivity contribution is 8.14. The maximum atomic E-state index is 6.16. The minimum absolute atomic E-state index is 0.0101. The van der Waals surface area contributed by atoms with Gasteiger partial charge in [-0.15, -0.1) is 0 Å². The molecule has 1 saturated heterocycles. The zero-order valence-corrected chi connectivity index (χ0v) is 19.9. The van der Waals surface area contributed by atoms with Crippen LogP contribution in [0.2, 0.25) is 5.02 Å². The van der Waals surface area contributed by atoms with Gasteiger partial charge in [-0.05, 0) is 69.2 Å². The van der Waals surface area contributed by atoms with Crippen molar-refractivity contribution >= 4 is 28.5 Å². The number of benzene rings is 1. The van der Waals surface area contributed by atoms with Crippen LogP contribution in [0, 0.1) is 20.8 Å². The molecule has 2 aromatic heterocycles. The molecule has 1 aromatic carbocycles. The van der Waals surface area contributed by atoms with Crippen molar-refractivity contribution in [1.29, 1.82) is 0 Å². The molecule has 0 N–H and O–H groups in total. The molecule has 0 radical (unpaired) electrons. The summed E-state index contributed by atoms with van der Waals surface area (Å²) in [5.41, 5.74) is 7.43. The number of fused-ring (bicyclic) bond motifs is 1. The fraction of sp³-hybridized carbons (Fsp3) is 0.360. The number of hydrogen-bond acceptors (Lipinski definition) is 4. The van der Waals surface area contributed by atoms with Crippen molar-refractivity contribution in [3.63, 3.8) is 0 Å². The van der Waals surface area contributed by atoms with Gasteiger partial charge in [0, 0.05) is 45.7 Å². The molecule has 4 heterocycles. The van der Waals surface area contributed by atoms with E-state index in [0.29, 0.717) is 6.04 Å². The van der Waals surface area contributed by atoms with Gasteiger partial charge in [0.25, 0.3) is 0 Å². The van der Waals surface area contributed by atoms with Crippen molar-refractivity contribution in [2.75, 3.05) is 5.75 Å². The Hall–Kier alpha value is -2.24. The summed E-state index contributed by atoms with van der Waals surface area (Å²) in [6, 6.07) is 14.9. The lowest BCUT2D eigenvalue weighted by Crippen LogP contribution is -2.35. The third-order valence-electron chi connectivity index (χ3n) is 6.72. The topological polar surface area (TPSA) is 33.4 Å². The predicted octanol–water partition coefficient (Wildman–Crippen LogP) is 6.43. The minimum Gasteiger partial charge on any atom is -0.338 e. The fourth-order valence-corrected chi connectivity index (χ4v) is 6.55. The molecule has 0 aliphatic carbocycles. The summed E-state index contributed by atoms with van der Waals surface area (Å²) in [6.45, 7) is 8.98. The Morgan fingerprint density at radius 1 is 1.06 bits per heavy atom. The van der Waals surface area contributed by atoms with Gasteiger partial charge in [0.1, 0.15) is 6.04 Å². The van der Waals surface area contributed by atoms with Gasteiger partial charge < -0.3 is 9.47 Å². The first-order valence-electron chi connectivity index (χ1n) is 10.9. The monoisotopic (exact) mass is 450 g/mol. The van der Waals surface area contributed by atoms with Crippen LogP contribution < -0.4 is 0 Å². The number of nitrogens with zero attached hydrogens (tertiary/aromatic N) is 4. The van der Waals surface area contributed by atoms with Crippen LogP contribution in [0.1, 0.15) is 53.6 Å². The van der Waals surface area contributed by atoms with E-state index in [4.69, 9.17) is 21.6 Å². The van der Waals surface area contributed by atoms with Gasteiger partial charge in [0.2, 0.25) is 0 Å². The summed E-state index contributed by atoms with van der Waals surface area (Å²) < 4.78 is 2.36. The molecule has 3 atom stereocenters. The third-order valence-corrected chi connectivity index (χ3v) is 8.10. The van der Waals surface area contributed by atoms with Gasteiger partial charge in [-0.3, -0.25) is 9.98 Å². The highest BCUT2D eigenvalue weighted by Crippen LogP contribution is 2.50. The molecule has 4 nitrogen and oxygen atoms in total. The van der Waals surface area contributed by atoms with Crippen LogP contribution in [0.15, 0.2) is 53.7 Å². The van der Waals surface area contributed by atoms with Crippen molar-refractivity contribution in [1.82, 2.24) is 14.5 Å². The molecular weight excluding hydrogens is 424 g/mol. The Labute approximate surface area is 193 Å². The highest BCUT2D eigenvalue weighted by Gasteiger charge is 2.47. The Morgan fingerprint density at radius 2 is 1.84 bits per heavy atom. The first kappa shape index (κ1) is 20.7. The summed E-state index contributed by atoms with van der Waals surface area (Å²) in [7, 11) is 0. The molecule has 0 unspecified atom stereocenters. The van der Waals surface area contributed by atoms with Crippen molar-refractivity contribution in [3.8, 4) is 5.69 Å². The molecule has 0 bridgehead atoms. The van der Waals surface area contributed by atoms with E-state index in [0.717, 1.165) is 28.6 Å². The first-order chi connectivity index (χ1) is 15.0. The van der Waals surface area contributed by atoms with Crippen LogP contribution in [0.4, 0.5) is 0 Å². The van der Waals surface area contributed by atoms with Gasteiger partial charge >= 0.3 is 0 Å². The van der Waals surface area contributed by atoms with Gasteiger partial charge in [-0.1, -0.05) is 36.4 Å². The van der Waals surface area contributed by atoms with Crippen molar-refractivity contribution in [2.24, 2.45) is 4.99 Å². The average molecular weight is 451 g/mol. The van der Waals surface area contributed by atoms with Crippen LogP contribution >= 0.6 is 23.4 Å². The number of pyridine rings is 1. The van der Waals surface area contributed by atoms with E-state index >= 15 is 0 Å². The molecule has 6 heteroatoms. The molecule has 0 saturated carbocycles. The quantitative estimate of drug-likeness (QED) is 0.459. The van der Waals surface area contributed by atoms with E-state index < -0.39 is 0 Å². The third kappa shape index (κ3) is 3.30. The molecule has 0 amide bonds. The van der Waals surface area contributed by atoms with Crippen molar-refractivity contribution in [2.45, 2.75) is 52.2 Å². The van der Waals surface area contributed by atoms with Gasteiger partial charge in [0.05, 0.1) is 11.7 Å². The minimum atomic E-state index is 0.0101. The molecule has 31 heavy (non-hydrogen) atoms. The number of rotatable bonds is 4. The summed E-state index contributed by atoms with van der Waals surface area (Å²) in [4.78, 5) is 12.5. The standard InChI is InChI=1S/C25H27ClN4S/c1-5-19-14-31-25-28-23(21-8-6-7-13-27-21)24(30(19)25)22-15(2)16(3)29(17(22)4)20-11-9-18(26)10-12-20/h6-13,19,23-24H,5,14H2,1-4H3/t19-,23-,24-/m1/s1. The van der Waals surface area contributed by atoms with Crippen molar-refractivity contribution in [3.05, 3.63) is 81.9 Å². The van der Waals surface area contributed by atoms with Crippen LogP contribution in [0.5, 0.6) is 0 Å². The number of aromatic nitrogens is 2. The van der Waals surface area contributed by atoms with Crippen LogP contribution in [0.25, 0.3) is 5.69 Å². The second kappa shape index (κ2) is 8.03. The van der Waals surface area contributed by atoms with Crippen LogP contribution in [0.3, 0.4) is 0 Å². The van der Waals surface area contributed by atoms with Crippen LogP contribution in [-0.2, 0) is 0 Å². The molecule has 0 spiro atoms. The number of halogens is 1. The molecule has 5 rings (SSSR count). The number of hydrogen-bond donors (Lipinski definition) is 0. The summed E-state index contributed by atoms with van der Waals surface area (Å²) in [5.74, 6) is 1.11. The summed E-state index contributed by atoms with van der Waals surface area (Å²) in [6.07, 6.45) is 3.00. The average Bonchev–Trinajstić information content (AvgIpc) is 3.41. The number of amidine groups is 1. The van der Waals surface area contributed by atoms with Gasteiger partial charge in [0.15, 0.2) is 5.17 Å². The Bertz CT molecular complexity index is 1140. The molecule has 160 valence electrons. The van der Waals surface area contributed by atoms with Gasteiger partial charge in [-0.25, -0.2) is 0 Å². The molecule has 1 fully saturated rings. The Balaban J connectivity index is 1.68. The summed E-state index contributed by atoms with van der Waals surface area (Å²) >= 11 is 8.05. The normalized spacial score (nSPS) is 22.7. The van der Waals surface area contributed by atoms with E-state index in [1.807, 2.05) is 36.2 Å². The van der Waals surface area contributed by atoms with E-state index in [1.165, 1.54) is 27.7 Å². The molecule has 2 aliphatic rings. The zero-order valence-electron chi connectivity index (χ0n) is 18.3. The molecular formula is C25H27ClN4S. The Kier molecular flexibility index (Phi) is 5.35. The van der Waals surface area contributed by atoms with E-state index in [-0.39, 0.29) is 12.1 Å². The Morgan fingerprint density at radius 3 is 2.52 bits per heavy atom. The van der Waals surface area contributed by atoms with Crippen molar-refractivity contribution < 1.29 is 0 Å². The SMILES string of the molecule is CC[C@@H]1CSC2=N[C@H](c3ccccn3)[C@@H](c3c(C)c(C)n(-c4ccc(Cl)cc4)c3C)N21. The first-order valence-corrected chi connectivity index (χ1v) is 12.2. The maximum Gasteiger partial charge on any atom is 0.160 e. The highest BCUT2D eigenvalue weighted by atomic mass is 35.5. The fourth-order valence-electron chi connectivity index (χ4n) is 5.08. The number of thioether (sulfide) groups is 1. The lowest BCUT2D eigenvalue weighted by molar-refractivity contribution is 0.254. The summed E-state index contributed by atoms with van der Waals surface area (Å²) in [5, 5.41) is 1.93. The zero-order chi connectivity index (χ0) is 21.7. The second-order valence-corrected chi connectivity index (χ2v) is 9.78. The lowest BCUT2D eigenvalue weighted by atomic mass is 9.92. The van der Waals surface area contributed by atoms with Crippen LogP contribution in [-0.4, -0.2) is 31.4 Å².